The minimum Gasteiger partial charge on any atom is -0.459 e. The average Bonchev–Trinajstić information content (AvgIpc) is 3.19. The molecule has 1 aromatic carbocycles. The molecule has 6 heteroatoms. The van der Waals surface area contributed by atoms with Crippen LogP contribution in [0.5, 0.6) is 0 Å². The number of nitrogens with zero attached hydrogens (tertiary/aromatic N) is 2. The number of amides is 2. The second-order valence-corrected chi connectivity index (χ2v) is 6.63. The van der Waals surface area contributed by atoms with Crippen LogP contribution in [0.3, 0.4) is 0 Å². The van der Waals surface area contributed by atoms with Gasteiger partial charge >= 0.3 is 0 Å². The van der Waals surface area contributed by atoms with E-state index in [0.29, 0.717) is 38.4 Å². The van der Waals surface area contributed by atoms with Crippen molar-refractivity contribution in [1.29, 1.82) is 0 Å². The molecule has 26 heavy (non-hydrogen) atoms. The monoisotopic (exact) mass is 355 g/mol. The molecule has 0 radical (unpaired) electrons. The van der Waals surface area contributed by atoms with Gasteiger partial charge < -0.3 is 14.6 Å². The highest BCUT2D eigenvalue weighted by molar-refractivity contribution is 5.91. The van der Waals surface area contributed by atoms with Crippen LogP contribution in [0.2, 0.25) is 0 Å². The molecule has 1 saturated heterocycles. The lowest BCUT2D eigenvalue weighted by molar-refractivity contribution is -0.121. The Balaban J connectivity index is 1.35. The number of benzene rings is 1. The molecular formula is C20H25N3O3. The van der Waals surface area contributed by atoms with Gasteiger partial charge in [0, 0.05) is 45.7 Å². The summed E-state index contributed by atoms with van der Waals surface area (Å²) in [6, 6.07) is 11.5. The Hall–Kier alpha value is -2.60. The highest BCUT2D eigenvalue weighted by atomic mass is 16.3. The van der Waals surface area contributed by atoms with E-state index in [2.05, 4.69) is 16.3 Å². The molecule has 0 bridgehead atoms. The van der Waals surface area contributed by atoms with Crippen molar-refractivity contribution in [3.05, 3.63) is 59.5 Å². The van der Waals surface area contributed by atoms with Crippen molar-refractivity contribution in [2.24, 2.45) is 0 Å². The third kappa shape index (κ3) is 4.95. The maximum absolute atomic E-state index is 12.2. The fraction of sp³-hybridized carbons (Fsp3) is 0.400. The summed E-state index contributed by atoms with van der Waals surface area (Å²) < 4.78 is 5.17. The van der Waals surface area contributed by atoms with Gasteiger partial charge in [-0.2, -0.15) is 0 Å². The lowest BCUT2D eigenvalue weighted by Gasteiger charge is -2.34. The van der Waals surface area contributed by atoms with Gasteiger partial charge in [0.15, 0.2) is 5.76 Å². The molecule has 2 aromatic rings. The van der Waals surface area contributed by atoms with E-state index in [9.17, 15) is 9.59 Å². The number of hydrogen-bond donors (Lipinski definition) is 1. The van der Waals surface area contributed by atoms with Crippen molar-refractivity contribution in [3.8, 4) is 0 Å². The summed E-state index contributed by atoms with van der Waals surface area (Å²) in [5, 5.41) is 2.97. The summed E-state index contributed by atoms with van der Waals surface area (Å²) in [6.45, 7) is 6.18. The lowest BCUT2D eigenvalue weighted by Crippen LogP contribution is -2.49. The van der Waals surface area contributed by atoms with Gasteiger partial charge in [-0.3, -0.25) is 14.5 Å². The van der Waals surface area contributed by atoms with E-state index >= 15 is 0 Å². The van der Waals surface area contributed by atoms with Crippen molar-refractivity contribution >= 4 is 11.8 Å². The van der Waals surface area contributed by atoms with Crippen LogP contribution in [0.25, 0.3) is 0 Å². The first-order valence-corrected chi connectivity index (χ1v) is 8.99. The molecule has 138 valence electrons. The topological polar surface area (TPSA) is 65.8 Å². The highest BCUT2D eigenvalue weighted by Crippen LogP contribution is 2.09. The van der Waals surface area contributed by atoms with Crippen LogP contribution in [0.15, 0.2) is 47.1 Å². The smallest absolute Gasteiger partial charge is 0.289 e. The van der Waals surface area contributed by atoms with Gasteiger partial charge in [0.1, 0.15) is 0 Å². The molecule has 1 N–H and O–H groups in total. The van der Waals surface area contributed by atoms with Crippen molar-refractivity contribution in [2.45, 2.75) is 19.9 Å². The van der Waals surface area contributed by atoms with Crippen LogP contribution < -0.4 is 5.32 Å². The number of carbonyl (C=O) groups excluding carboxylic acids is 2. The standard InChI is InChI=1S/C20H25N3O3/c1-16-4-2-5-17(14-16)15-21-19(24)7-8-22-9-11-23(12-10-22)20(25)18-6-3-13-26-18/h2-6,13-14H,7-12,15H2,1H3,(H,21,24). The van der Waals surface area contributed by atoms with Crippen LogP contribution >= 0.6 is 0 Å². The fourth-order valence-electron chi connectivity index (χ4n) is 3.10. The van der Waals surface area contributed by atoms with E-state index in [1.807, 2.05) is 25.1 Å². The molecular weight excluding hydrogens is 330 g/mol. The molecule has 1 aliphatic heterocycles. The van der Waals surface area contributed by atoms with E-state index in [-0.39, 0.29) is 11.8 Å². The maximum atomic E-state index is 12.2. The average molecular weight is 355 g/mol. The molecule has 0 aliphatic carbocycles. The van der Waals surface area contributed by atoms with Gasteiger partial charge in [-0.1, -0.05) is 29.8 Å². The van der Waals surface area contributed by atoms with Crippen LogP contribution in [-0.4, -0.2) is 54.3 Å². The minimum absolute atomic E-state index is 0.0561. The van der Waals surface area contributed by atoms with Crippen molar-refractivity contribution in [3.63, 3.8) is 0 Å². The summed E-state index contributed by atoms with van der Waals surface area (Å²) in [6.07, 6.45) is 1.98. The van der Waals surface area contributed by atoms with E-state index in [0.717, 1.165) is 18.7 Å². The Morgan fingerprint density at radius 3 is 2.62 bits per heavy atom. The second-order valence-electron chi connectivity index (χ2n) is 6.63. The largest absolute Gasteiger partial charge is 0.459 e. The Morgan fingerprint density at radius 1 is 1.12 bits per heavy atom. The predicted octanol–water partition coefficient (Wildman–Crippen LogP) is 2.05. The quantitative estimate of drug-likeness (QED) is 0.861. The Kier molecular flexibility index (Phi) is 6.07. The van der Waals surface area contributed by atoms with Gasteiger partial charge in [0.05, 0.1) is 6.26 Å². The molecule has 0 saturated carbocycles. The molecule has 1 aliphatic rings. The number of rotatable bonds is 6. The maximum Gasteiger partial charge on any atom is 0.289 e. The van der Waals surface area contributed by atoms with E-state index in [1.54, 1.807) is 17.0 Å². The van der Waals surface area contributed by atoms with Gasteiger partial charge in [-0.05, 0) is 24.6 Å². The zero-order valence-corrected chi connectivity index (χ0v) is 15.1. The molecule has 6 nitrogen and oxygen atoms in total. The fourth-order valence-corrected chi connectivity index (χ4v) is 3.10. The molecule has 0 unspecified atom stereocenters. The zero-order chi connectivity index (χ0) is 18.4. The van der Waals surface area contributed by atoms with Crippen molar-refractivity contribution in [1.82, 2.24) is 15.1 Å². The van der Waals surface area contributed by atoms with E-state index in [4.69, 9.17) is 4.42 Å². The van der Waals surface area contributed by atoms with Crippen LogP contribution in [0.4, 0.5) is 0 Å². The second kappa shape index (κ2) is 8.67. The summed E-state index contributed by atoms with van der Waals surface area (Å²) in [7, 11) is 0. The summed E-state index contributed by atoms with van der Waals surface area (Å²) in [4.78, 5) is 28.3. The third-order valence-electron chi connectivity index (χ3n) is 4.62. The number of aryl methyl sites for hydroxylation is 1. The minimum atomic E-state index is -0.0643. The lowest BCUT2D eigenvalue weighted by atomic mass is 10.1. The van der Waals surface area contributed by atoms with Crippen LogP contribution in [0, 0.1) is 6.92 Å². The summed E-state index contributed by atoms with van der Waals surface area (Å²) in [5.41, 5.74) is 2.31. The Labute approximate surface area is 153 Å². The van der Waals surface area contributed by atoms with E-state index in [1.165, 1.54) is 11.8 Å². The van der Waals surface area contributed by atoms with Gasteiger partial charge in [0.2, 0.25) is 5.91 Å². The normalized spacial score (nSPS) is 15.0. The first-order valence-electron chi connectivity index (χ1n) is 8.99. The number of carbonyl (C=O) groups is 2. The number of furan rings is 1. The van der Waals surface area contributed by atoms with Crippen molar-refractivity contribution in [2.75, 3.05) is 32.7 Å². The SMILES string of the molecule is Cc1cccc(CNC(=O)CCN2CCN(C(=O)c3ccco3)CC2)c1. The summed E-state index contributed by atoms with van der Waals surface area (Å²) in [5.74, 6) is 0.375. The first kappa shape index (κ1) is 18.2. The van der Waals surface area contributed by atoms with Gasteiger partial charge in [-0.15, -0.1) is 0 Å². The third-order valence-corrected chi connectivity index (χ3v) is 4.62. The van der Waals surface area contributed by atoms with Gasteiger partial charge in [0.25, 0.3) is 5.91 Å². The molecule has 1 aromatic heterocycles. The summed E-state index contributed by atoms with van der Waals surface area (Å²) >= 11 is 0. The Bertz CT molecular complexity index is 735. The zero-order valence-electron chi connectivity index (χ0n) is 15.1. The molecule has 0 atom stereocenters. The molecule has 2 amide bonds. The van der Waals surface area contributed by atoms with E-state index < -0.39 is 0 Å². The molecule has 1 fully saturated rings. The van der Waals surface area contributed by atoms with Crippen molar-refractivity contribution < 1.29 is 14.0 Å². The number of nitrogens with one attached hydrogen (secondary N) is 1. The molecule has 3 rings (SSSR count). The van der Waals surface area contributed by atoms with Crippen LogP contribution in [0.1, 0.15) is 28.1 Å². The highest BCUT2D eigenvalue weighted by Gasteiger charge is 2.23. The first-order chi connectivity index (χ1) is 12.6. The number of hydrogen-bond acceptors (Lipinski definition) is 4. The number of piperazine rings is 1. The van der Waals surface area contributed by atoms with Crippen LogP contribution in [-0.2, 0) is 11.3 Å². The molecule has 0 spiro atoms. The van der Waals surface area contributed by atoms with Gasteiger partial charge in [-0.25, -0.2) is 0 Å². The predicted molar refractivity (Wildman–Crippen MR) is 98.7 cm³/mol. The Morgan fingerprint density at radius 2 is 1.92 bits per heavy atom. The molecule has 2 heterocycles.